The number of benzene rings is 5. The third kappa shape index (κ3) is 21.7. The Morgan fingerprint density at radius 1 is 0.438 bits per heavy atom. The highest BCUT2D eigenvalue weighted by Gasteiger charge is 2.33. The Kier molecular flexibility index (Phi) is 18.4. The normalized spacial score (nSPS) is 11.3. The fraction of sp³-hybridized carbons (Fsp3) is 0.211. The number of phenols is 1. The van der Waals surface area contributed by atoms with Crippen LogP contribution < -0.4 is 4.52 Å². The minimum atomic E-state index is -5.14. The highest BCUT2D eigenvalue weighted by molar-refractivity contribution is 7.60. The van der Waals surface area contributed by atoms with Crippen LogP contribution in [0.5, 0.6) is 11.5 Å². The maximum atomic E-state index is 11.0. The molecule has 1 atom stereocenters. The molecule has 0 aliphatic rings. The number of hydrogen-bond acceptors (Lipinski definition) is 5. The summed E-state index contributed by atoms with van der Waals surface area (Å²) in [6, 6.07) is 38.6. The first-order chi connectivity index (χ1) is 22.3. The molecule has 0 saturated heterocycles. The molecule has 4 N–H and O–H groups in total. The van der Waals surface area contributed by atoms with Gasteiger partial charge in [-0.1, -0.05) is 148 Å². The van der Waals surface area contributed by atoms with Crippen molar-refractivity contribution in [3.63, 3.8) is 0 Å². The number of phosphoric acid groups is 2. The maximum Gasteiger partial charge on any atom is 0.536 e. The average molecular weight is 695 g/mol. The highest BCUT2D eigenvalue weighted by atomic mass is 31.3. The standard InChI is InChI=1S/4C8H10.C6H8O8P2/c4*1-7-4-3-5-8(2)6-7;7-5-2-1-3-6(4-5)13-16(11,12)14-15(8,9)10/h4*3-6H,1-2H3;1-4,7H,(H,11,12)(H2,8,9,10). The molecule has 5 aromatic carbocycles. The quantitative estimate of drug-likeness (QED) is 0.137. The van der Waals surface area contributed by atoms with Gasteiger partial charge in [-0.05, 0) is 67.5 Å². The maximum absolute atomic E-state index is 11.0. The summed E-state index contributed by atoms with van der Waals surface area (Å²) in [5, 5.41) is 9.00. The summed E-state index contributed by atoms with van der Waals surface area (Å²) in [5.41, 5.74) is 10.7. The lowest BCUT2D eigenvalue weighted by Gasteiger charge is -2.12. The van der Waals surface area contributed by atoms with Crippen LogP contribution in [-0.2, 0) is 13.4 Å². The van der Waals surface area contributed by atoms with Gasteiger partial charge in [-0.3, -0.25) is 4.89 Å². The van der Waals surface area contributed by atoms with Crippen molar-refractivity contribution in [1.29, 1.82) is 0 Å². The van der Waals surface area contributed by atoms with Crippen LogP contribution in [0.4, 0.5) is 0 Å². The summed E-state index contributed by atoms with van der Waals surface area (Å²) in [4.78, 5) is 25.6. The molecule has 0 bridgehead atoms. The van der Waals surface area contributed by atoms with Crippen molar-refractivity contribution in [2.24, 2.45) is 0 Å². The van der Waals surface area contributed by atoms with Crippen molar-refractivity contribution in [3.8, 4) is 11.5 Å². The van der Waals surface area contributed by atoms with Gasteiger partial charge < -0.3 is 19.4 Å². The molecule has 0 fully saturated rings. The molecule has 258 valence electrons. The Balaban J connectivity index is 0.000000312. The molecule has 5 aromatic rings. The van der Waals surface area contributed by atoms with Gasteiger partial charge in [-0.2, -0.15) is 4.31 Å². The molecule has 0 radical (unpaired) electrons. The second-order valence-electron chi connectivity index (χ2n) is 11.3. The fourth-order valence-electron chi connectivity index (χ4n) is 4.05. The molecular weight excluding hydrogens is 646 g/mol. The lowest BCUT2D eigenvalue weighted by molar-refractivity contribution is 0.229. The molecular formula is C38H48O8P2. The SMILES string of the molecule is Cc1cccc(C)c1.Cc1cccc(C)c1.Cc1cccc(C)c1.Cc1cccc(C)c1.O=P(O)(O)OP(=O)(O)Oc1cccc(O)c1. The van der Waals surface area contributed by atoms with E-state index < -0.39 is 15.6 Å². The fourth-order valence-corrected chi connectivity index (χ4v) is 5.64. The molecule has 1 unspecified atom stereocenters. The van der Waals surface area contributed by atoms with E-state index in [1.807, 2.05) is 0 Å². The van der Waals surface area contributed by atoms with Crippen LogP contribution in [0.25, 0.3) is 0 Å². The number of aromatic hydroxyl groups is 1. The molecule has 0 aromatic heterocycles. The van der Waals surface area contributed by atoms with Gasteiger partial charge >= 0.3 is 15.6 Å². The number of phenolic OH excluding ortho intramolecular Hbond substituents is 1. The van der Waals surface area contributed by atoms with Gasteiger partial charge in [-0.25, -0.2) is 9.13 Å². The van der Waals surface area contributed by atoms with Crippen LogP contribution in [0.15, 0.2) is 121 Å². The van der Waals surface area contributed by atoms with E-state index in [0.29, 0.717) is 0 Å². The first kappa shape index (κ1) is 42.0. The van der Waals surface area contributed by atoms with Crippen LogP contribution in [0.1, 0.15) is 44.5 Å². The predicted octanol–water partition coefficient (Wildman–Crippen LogP) is 10.2. The summed E-state index contributed by atoms with van der Waals surface area (Å²) in [7, 11) is -10.1. The molecule has 48 heavy (non-hydrogen) atoms. The number of phosphoric ester groups is 1. The van der Waals surface area contributed by atoms with Crippen molar-refractivity contribution in [2.75, 3.05) is 0 Å². The summed E-state index contributed by atoms with van der Waals surface area (Å²) in [6.45, 7) is 16.8. The smallest absolute Gasteiger partial charge is 0.508 e. The number of rotatable bonds is 4. The monoisotopic (exact) mass is 694 g/mol. The van der Waals surface area contributed by atoms with Crippen molar-refractivity contribution in [3.05, 3.63) is 166 Å². The Labute approximate surface area is 285 Å². The third-order valence-corrected chi connectivity index (χ3v) is 8.06. The van der Waals surface area contributed by atoms with E-state index in [4.69, 9.17) is 19.8 Å². The molecule has 0 heterocycles. The summed E-state index contributed by atoms with van der Waals surface area (Å²) in [6.07, 6.45) is 0. The van der Waals surface area contributed by atoms with Crippen molar-refractivity contribution < 1.29 is 37.8 Å². The largest absolute Gasteiger partial charge is 0.536 e. The highest BCUT2D eigenvalue weighted by Crippen LogP contribution is 2.57. The number of aryl methyl sites for hydroxylation is 8. The minimum Gasteiger partial charge on any atom is -0.508 e. The first-order valence-electron chi connectivity index (χ1n) is 15.0. The van der Waals surface area contributed by atoms with Crippen molar-refractivity contribution in [2.45, 2.75) is 55.4 Å². The molecule has 0 spiro atoms. The van der Waals surface area contributed by atoms with Gasteiger partial charge in [0.25, 0.3) is 0 Å². The molecule has 0 aliphatic carbocycles. The van der Waals surface area contributed by atoms with E-state index in [-0.39, 0.29) is 11.5 Å². The first-order valence-corrected chi connectivity index (χ1v) is 18.1. The predicted molar refractivity (Wildman–Crippen MR) is 195 cm³/mol. The van der Waals surface area contributed by atoms with E-state index >= 15 is 0 Å². The third-order valence-electron chi connectivity index (χ3n) is 5.94. The summed E-state index contributed by atoms with van der Waals surface area (Å²) < 4.78 is 29.2. The summed E-state index contributed by atoms with van der Waals surface area (Å²) >= 11 is 0. The Morgan fingerprint density at radius 3 is 0.917 bits per heavy atom. The van der Waals surface area contributed by atoms with E-state index in [9.17, 15) is 9.13 Å². The molecule has 8 nitrogen and oxygen atoms in total. The zero-order valence-corrected chi connectivity index (χ0v) is 30.7. The van der Waals surface area contributed by atoms with Crippen LogP contribution in [0.2, 0.25) is 0 Å². The molecule has 5 rings (SSSR count). The molecule has 0 amide bonds. The lowest BCUT2D eigenvalue weighted by atomic mass is 10.2. The van der Waals surface area contributed by atoms with Gasteiger partial charge in [0.15, 0.2) is 0 Å². The number of hydrogen-bond donors (Lipinski definition) is 4. The second-order valence-corrected chi connectivity index (χ2v) is 14.0. The van der Waals surface area contributed by atoms with E-state index in [1.54, 1.807) is 0 Å². The molecule has 10 heteroatoms. The minimum absolute atomic E-state index is 0.242. The average Bonchev–Trinajstić information content (AvgIpc) is 2.92. The Hall–Kier alpha value is -4.00. The molecule has 0 saturated carbocycles. The van der Waals surface area contributed by atoms with Gasteiger partial charge in [-0.15, -0.1) is 0 Å². The zero-order chi connectivity index (χ0) is 36.3. The topological polar surface area (TPSA) is 134 Å². The van der Waals surface area contributed by atoms with Gasteiger partial charge in [0.05, 0.1) is 0 Å². The summed E-state index contributed by atoms with van der Waals surface area (Å²) in [5.74, 6) is -0.507. The van der Waals surface area contributed by atoms with Crippen LogP contribution in [0.3, 0.4) is 0 Å². The van der Waals surface area contributed by atoms with Crippen LogP contribution in [-0.4, -0.2) is 19.8 Å². The van der Waals surface area contributed by atoms with E-state index in [0.717, 1.165) is 6.07 Å². The van der Waals surface area contributed by atoms with Gasteiger partial charge in [0.1, 0.15) is 11.5 Å². The zero-order valence-electron chi connectivity index (χ0n) is 28.9. The van der Waals surface area contributed by atoms with Crippen LogP contribution >= 0.6 is 15.6 Å². The second kappa shape index (κ2) is 21.1. The van der Waals surface area contributed by atoms with Crippen molar-refractivity contribution in [1.82, 2.24) is 0 Å². The lowest BCUT2D eigenvalue weighted by Crippen LogP contribution is -1.95. The van der Waals surface area contributed by atoms with Crippen molar-refractivity contribution >= 4 is 15.6 Å². The molecule has 0 aliphatic heterocycles. The Bertz CT molecular complexity index is 1540. The van der Waals surface area contributed by atoms with Gasteiger partial charge in [0, 0.05) is 6.07 Å². The Morgan fingerprint density at radius 2 is 0.708 bits per heavy atom. The van der Waals surface area contributed by atoms with E-state index in [1.165, 1.54) is 62.7 Å². The van der Waals surface area contributed by atoms with E-state index in [2.05, 4.69) is 161 Å². The van der Waals surface area contributed by atoms with Crippen LogP contribution in [0, 0.1) is 55.4 Å². The van der Waals surface area contributed by atoms with Gasteiger partial charge in [0.2, 0.25) is 0 Å².